The van der Waals surface area contributed by atoms with E-state index in [0.717, 1.165) is 36.3 Å². The third-order valence-corrected chi connectivity index (χ3v) is 6.09. The van der Waals surface area contributed by atoms with Gasteiger partial charge in [-0.25, -0.2) is 4.79 Å². The van der Waals surface area contributed by atoms with E-state index in [1.807, 2.05) is 36.1 Å². The largest absolute Gasteiger partial charge is 0.494 e. The summed E-state index contributed by atoms with van der Waals surface area (Å²) in [5.41, 5.74) is 10.0. The maximum absolute atomic E-state index is 13.4. The summed E-state index contributed by atoms with van der Waals surface area (Å²) in [4.78, 5) is 30.8. The number of hydrogen-bond acceptors (Lipinski definition) is 6. The third-order valence-electron chi connectivity index (χ3n) is 6.09. The molecule has 1 saturated carbocycles. The highest BCUT2D eigenvalue weighted by Gasteiger charge is 2.39. The van der Waals surface area contributed by atoms with E-state index in [0.29, 0.717) is 25.0 Å². The normalized spacial score (nSPS) is 17.3. The van der Waals surface area contributed by atoms with Gasteiger partial charge in [0.2, 0.25) is 0 Å². The summed E-state index contributed by atoms with van der Waals surface area (Å²) < 4.78 is 12.2. The minimum Gasteiger partial charge on any atom is -0.494 e. The van der Waals surface area contributed by atoms with E-state index < -0.39 is 11.7 Å². The Bertz CT molecular complexity index is 1100. The lowest BCUT2D eigenvalue weighted by molar-refractivity contribution is 0.0441. The van der Waals surface area contributed by atoms with Crippen LogP contribution in [0.2, 0.25) is 0 Å². The van der Waals surface area contributed by atoms with Crippen LogP contribution >= 0.6 is 0 Å². The lowest BCUT2D eigenvalue weighted by atomic mass is 9.91. The summed E-state index contributed by atoms with van der Waals surface area (Å²) in [5, 5.41) is 7.91. The van der Waals surface area contributed by atoms with Crippen molar-refractivity contribution >= 4 is 12.0 Å². The Hall–Kier alpha value is -3.52. The topological polar surface area (TPSA) is 122 Å². The van der Waals surface area contributed by atoms with Crippen LogP contribution in [-0.4, -0.2) is 57.5 Å². The maximum atomic E-state index is 13.4. The van der Waals surface area contributed by atoms with Crippen LogP contribution in [0.15, 0.2) is 35.6 Å². The third kappa shape index (κ3) is 5.34. The zero-order chi connectivity index (χ0) is 24.3. The number of azide groups is 1. The van der Waals surface area contributed by atoms with Gasteiger partial charge in [0.05, 0.1) is 18.8 Å². The van der Waals surface area contributed by atoms with Crippen molar-refractivity contribution in [1.82, 2.24) is 14.7 Å². The van der Waals surface area contributed by atoms with E-state index in [1.165, 1.54) is 4.68 Å². The lowest BCUT2D eigenvalue weighted by Crippen LogP contribution is -2.44. The molecule has 2 aliphatic carbocycles. The maximum Gasteiger partial charge on any atom is 0.435 e. The highest BCUT2D eigenvalue weighted by molar-refractivity contribution is 5.95. The van der Waals surface area contributed by atoms with Gasteiger partial charge in [-0.2, -0.15) is 9.78 Å². The molecule has 0 aliphatic heterocycles. The number of aromatic nitrogens is 2. The molecule has 0 N–H and O–H groups in total. The van der Waals surface area contributed by atoms with Crippen molar-refractivity contribution in [2.45, 2.75) is 70.6 Å². The SMILES string of the molecule is CCOc1ccc(C(=O)N(C2CC2)C2CCc3nn(C(=O)OC(C)(C)CN=[N+]=[N-])cc3C2)cc1. The fraction of sp³-hybridized carbons (Fsp3) is 0.542. The molecule has 1 unspecified atom stereocenters. The van der Waals surface area contributed by atoms with Crippen molar-refractivity contribution in [3.63, 3.8) is 0 Å². The quantitative estimate of drug-likeness (QED) is 0.322. The second-order valence-electron chi connectivity index (χ2n) is 9.36. The second kappa shape index (κ2) is 9.77. The Morgan fingerprint density at radius 3 is 2.62 bits per heavy atom. The molecular formula is C24H30N6O4. The summed E-state index contributed by atoms with van der Waals surface area (Å²) in [6.07, 6.45) is 5.22. The molecule has 4 rings (SSSR count). The predicted molar refractivity (Wildman–Crippen MR) is 125 cm³/mol. The molecule has 10 heteroatoms. The average molecular weight is 467 g/mol. The molecule has 180 valence electrons. The monoisotopic (exact) mass is 466 g/mol. The van der Waals surface area contributed by atoms with Gasteiger partial charge in [-0.15, -0.1) is 0 Å². The number of ether oxygens (including phenoxy) is 2. The van der Waals surface area contributed by atoms with Crippen molar-refractivity contribution in [3.05, 3.63) is 57.7 Å². The van der Waals surface area contributed by atoms with E-state index in [9.17, 15) is 9.59 Å². The predicted octanol–water partition coefficient (Wildman–Crippen LogP) is 4.52. The van der Waals surface area contributed by atoms with E-state index in [2.05, 4.69) is 15.1 Å². The van der Waals surface area contributed by atoms with Crippen molar-refractivity contribution < 1.29 is 19.1 Å². The van der Waals surface area contributed by atoms with Crippen LogP contribution < -0.4 is 4.74 Å². The zero-order valence-electron chi connectivity index (χ0n) is 19.8. The van der Waals surface area contributed by atoms with Gasteiger partial charge in [-0.05, 0) is 88.2 Å². The summed E-state index contributed by atoms with van der Waals surface area (Å²) in [5.74, 6) is 0.784. The van der Waals surface area contributed by atoms with Crippen LogP contribution in [0.1, 0.15) is 61.6 Å². The second-order valence-corrected chi connectivity index (χ2v) is 9.36. The van der Waals surface area contributed by atoms with Crippen LogP contribution in [0.25, 0.3) is 10.4 Å². The molecule has 1 fully saturated rings. The minimum atomic E-state index is -0.939. The molecule has 1 aromatic heterocycles. The minimum absolute atomic E-state index is 0.0301. The van der Waals surface area contributed by atoms with Gasteiger partial charge in [0, 0.05) is 28.8 Å². The lowest BCUT2D eigenvalue weighted by Gasteiger charge is -2.34. The summed E-state index contributed by atoms with van der Waals surface area (Å²) in [6.45, 7) is 5.90. The summed E-state index contributed by atoms with van der Waals surface area (Å²) >= 11 is 0. The number of nitrogens with zero attached hydrogens (tertiary/aromatic N) is 6. The van der Waals surface area contributed by atoms with E-state index in [1.54, 1.807) is 20.0 Å². The summed E-state index contributed by atoms with van der Waals surface area (Å²) in [7, 11) is 0. The van der Waals surface area contributed by atoms with Gasteiger partial charge in [-0.1, -0.05) is 5.11 Å². The molecule has 0 radical (unpaired) electrons. The van der Waals surface area contributed by atoms with Crippen molar-refractivity contribution in [3.8, 4) is 5.75 Å². The van der Waals surface area contributed by atoms with Crippen LogP contribution in [0, 0.1) is 0 Å². The summed E-state index contributed by atoms with van der Waals surface area (Å²) in [6, 6.07) is 7.62. The number of hydrogen-bond donors (Lipinski definition) is 0. The molecule has 1 amide bonds. The standard InChI is InChI=1S/C24H30N6O4/c1-4-33-20-10-5-16(6-11-20)22(31)30(18-7-8-18)19-9-12-21-17(13-19)14-29(27-21)23(32)34-24(2,3)15-26-28-25/h5-6,10-11,14,18-19H,4,7-9,12-13,15H2,1-3H3. The Labute approximate surface area is 198 Å². The molecule has 1 aromatic carbocycles. The number of amides is 1. The van der Waals surface area contributed by atoms with Gasteiger partial charge in [0.15, 0.2) is 0 Å². The molecule has 1 heterocycles. The van der Waals surface area contributed by atoms with Crippen LogP contribution in [0.4, 0.5) is 4.79 Å². The van der Waals surface area contributed by atoms with Crippen molar-refractivity contribution in [2.75, 3.05) is 13.2 Å². The number of rotatable bonds is 8. The molecular weight excluding hydrogens is 436 g/mol. The number of fused-ring (bicyclic) bond motifs is 1. The number of aryl methyl sites for hydroxylation is 1. The Morgan fingerprint density at radius 1 is 1.24 bits per heavy atom. The first kappa shape index (κ1) is 23.6. The van der Waals surface area contributed by atoms with Crippen LogP contribution in [0.3, 0.4) is 0 Å². The molecule has 1 atom stereocenters. The fourth-order valence-electron chi connectivity index (χ4n) is 4.33. The highest BCUT2D eigenvalue weighted by Crippen LogP contribution is 2.35. The molecule has 0 spiro atoms. The Kier molecular flexibility index (Phi) is 6.79. The smallest absolute Gasteiger partial charge is 0.435 e. The highest BCUT2D eigenvalue weighted by atomic mass is 16.6. The first-order chi connectivity index (χ1) is 16.3. The molecule has 10 nitrogen and oxygen atoms in total. The van der Waals surface area contributed by atoms with Crippen LogP contribution in [-0.2, 0) is 17.6 Å². The number of benzene rings is 1. The number of carbonyl (C=O) groups excluding carboxylic acids is 2. The van der Waals surface area contributed by atoms with Gasteiger partial charge in [0.1, 0.15) is 11.4 Å². The van der Waals surface area contributed by atoms with Gasteiger partial charge >= 0.3 is 6.09 Å². The molecule has 34 heavy (non-hydrogen) atoms. The van der Waals surface area contributed by atoms with Gasteiger partial charge in [0.25, 0.3) is 5.91 Å². The molecule has 0 bridgehead atoms. The van der Waals surface area contributed by atoms with Crippen molar-refractivity contribution in [2.24, 2.45) is 5.11 Å². The van der Waals surface area contributed by atoms with Crippen LogP contribution in [0.5, 0.6) is 5.75 Å². The first-order valence-corrected chi connectivity index (χ1v) is 11.7. The Balaban J connectivity index is 1.47. The van der Waals surface area contributed by atoms with E-state index in [4.69, 9.17) is 15.0 Å². The molecule has 2 aliphatic rings. The zero-order valence-corrected chi connectivity index (χ0v) is 19.8. The Morgan fingerprint density at radius 2 is 1.97 bits per heavy atom. The van der Waals surface area contributed by atoms with Gasteiger partial charge < -0.3 is 14.4 Å². The first-order valence-electron chi connectivity index (χ1n) is 11.7. The molecule has 2 aromatic rings. The van der Waals surface area contributed by atoms with Gasteiger partial charge in [-0.3, -0.25) is 4.79 Å². The van der Waals surface area contributed by atoms with Crippen molar-refractivity contribution in [1.29, 1.82) is 0 Å². The molecule has 0 saturated heterocycles. The number of carbonyl (C=O) groups is 2. The van der Waals surface area contributed by atoms with E-state index >= 15 is 0 Å². The van der Waals surface area contributed by atoms with E-state index in [-0.39, 0.29) is 24.5 Å². The fourth-order valence-corrected chi connectivity index (χ4v) is 4.33. The average Bonchev–Trinajstić information content (AvgIpc) is 3.55.